The molecule has 0 saturated carbocycles. The van der Waals surface area contributed by atoms with Gasteiger partial charge in [-0.1, -0.05) is 13.0 Å². The molecule has 3 rings (SSSR count). The molecule has 0 spiro atoms. The summed E-state index contributed by atoms with van der Waals surface area (Å²) < 4.78 is 13.2. The lowest BCUT2D eigenvalue weighted by Crippen LogP contribution is -2.13. The van der Waals surface area contributed by atoms with Crippen molar-refractivity contribution in [3.8, 4) is 11.5 Å². The minimum atomic E-state index is -0.203. The summed E-state index contributed by atoms with van der Waals surface area (Å²) in [5, 5.41) is 4.46. The fraction of sp³-hybridized carbons (Fsp3) is 0.438. The molecule has 112 valence electrons. The third-order valence-corrected chi connectivity index (χ3v) is 3.74. The Hall–Kier alpha value is -2.01. The third-order valence-electron chi connectivity index (χ3n) is 3.74. The van der Waals surface area contributed by atoms with E-state index in [2.05, 4.69) is 12.0 Å². The van der Waals surface area contributed by atoms with Crippen LogP contribution in [0, 0.1) is 0 Å². The first-order chi connectivity index (χ1) is 10.2. The average Bonchev–Trinajstić information content (AvgIpc) is 2.72. The predicted octanol–water partition coefficient (Wildman–Crippen LogP) is 2.19. The zero-order valence-corrected chi connectivity index (χ0v) is 12.5. The maximum Gasteiger partial charge on any atom is 0.161 e. The Morgan fingerprint density at radius 1 is 1.29 bits per heavy atom. The minimum Gasteiger partial charge on any atom is -0.490 e. The van der Waals surface area contributed by atoms with Gasteiger partial charge in [0.05, 0.1) is 24.9 Å². The monoisotopic (exact) mass is 287 g/mol. The Bertz CT molecular complexity index is 636. The van der Waals surface area contributed by atoms with E-state index in [0.29, 0.717) is 13.2 Å². The van der Waals surface area contributed by atoms with E-state index < -0.39 is 0 Å². The number of fused-ring (bicyclic) bond motifs is 1. The van der Waals surface area contributed by atoms with E-state index in [1.807, 2.05) is 36.1 Å². The number of benzene rings is 1. The molecule has 2 aromatic rings. The molecule has 1 unspecified atom stereocenters. The second kappa shape index (κ2) is 5.77. The fourth-order valence-electron chi connectivity index (χ4n) is 2.64. The standard InChI is InChI=1S/C16H21N3O2/c1-3-13-12(10-19(2)18-13)16(17)11-5-6-14-15(9-11)21-8-4-7-20-14/h5-6,9-10,16H,3-4,7-8,17H2,1-2H3. The largest absolute Gasteiger partial charge is 0.490 e. The van der Waals surface area contributed by atoms with Gasteiger partial charge >= 0.3 is 0 Å². The van der Waals surface area contributed by atoms with E-state index in [1.165, 1.54) is 0 Å². The topological polar surface area (TPSA) is 62.3 Å². The van der Waals surface area contributed by atoms with Crippen molar-refractivity contribution in [1.29, 1.82) is 0 Å². The van der Waals surface area contributed by atoms with Crippen molar-refractivity contribution < 1.29 is 9.47 Å². The van der Waals surface area contributed by atoms with Crippen LogP contribution in [0.5, 0.6) is 11.5 Å². The van der Waals surface area contributed by atoms with Gasteiger partial charge in [0.2, 0.25) is 0 Å². The molecular weight excluding hydrogens is 266 g/mol. The zero-order valence-electron chi connectivity index (χ0n) is 12.5. The van der Waals surface area contributed by atoms with Crippen LogP contribution in [-0.4, -0.2) is 23.0 Å². The molecule has 1 aliphatic heterocycles. The van der Waals surface area contributed by atoms with Gasteiger partial charge < -0.3 is 15.2 Å². The quantitative estimate of drug-likeness (QED) is 0.940. The molecule has 1 aliphatic rings. The van der Waals surface area contributed by atoms with Crippen LogP contribution in [0.3, 0.4) is 0 Å². The lowest BCUT2D eigenvalue weighted by Gasteiger charge is -2.15. The molecule has 5 heteroatoms. The molecule has 2 heterocycles. The van der Waals surface area contributed by atoms with E-state index in [4.69, 9.17) is 15.2 Å². The fourth-order valence-corrected chi connectivity index (χ4v) is 2.64. The van der Waals surface area contributed by atoms with E-state index in [0.717, 1.165) is 41.2 Å². The van der Waals surface area contributed by atoms with Crippen LogP contribution >= 0.6 is 0 Å². The molecule has 0 amide bonds. The molecule has 0 aliphatic carbocycles. The zero-order chi connectivity index (χ0) is 14.8. The molecule has 2 N–H and O–H groups in total. The van der Waals surface area contributed by atoms with Crippen LogP contribution < -0.4 is 15.2 Å². The van der Waals surface area contributed by atoms with Gasteiger partial charge in [-0.05, 0) is 24.1 Å². The number of aromatic nitrogens is 2. The van der Waals surface area contributed by atoms with Gasteiger partial charge in [0.15, 0.2) is 11.5 Å². The summed E-state index contributed by atoms with van der Waals surface area (Å²) in [5.41, 5.74) is 9.55. The number of hydrogen-bond acceptors (Lipinski definition) is 4. The second-order valence-electron chi connectivity index (χ2n) is 5.29. The molecule has 0 radical (unpaired) electrons. The second-order valence-corrected chi connectivity index (χ2v) is 5.29. The smallest absolute Gasteiger partial charge is 0.161 e. The molecule has 1 aromatic heterocycles. The normalized spacial score (nSPS) is 15.6. The molecular formula is C16H21N3O2. The van der Waals surface area contributed by atoms with Crippen LogP contribution in [0.2, 0.25) is 0 Å². The maximum atomic E-state index is 6.43. The van der Waals surface area contributed by atoms with Gasteiger partial charge in [0.1, 0.15) is 0 Å². The van der Waals surface area contributed by atoms with Crippen LogP contribution in [0.4, 0.5) is 0 Å². The number of rotatable bonds is 3. The van der Waals surface area contributed by atoms with Crippen molar-refractivity contribution in [2.24, 2.45) is 12.8 Å². The van der Waals surface area contributed by atoms with Crippen LogP contribution in [0.25, 0.3) is 0 Å². The number of nitrogens with zero attached hydrogens (tertiary/aromatic N) is 2. The summed E-state index contributed by atoms with van der Waals surface area (Å²) >= 11 is 0. The Balaban J connectivity index is 1.94. The predicted molar refractivity (Wildman–Crippen MR) is 80.7 cm³/mol. The van der Waals surface area contributed by atoms with Crippen molar-refractivity contribution in [2.75, 3.05) is 13.2 Å². The lowest BCUT2D eigenvalue weighted by atomic mass is 9.99. The summed E-state index contributed by atoms with van der Waals surface area (Å²) in [6.45, 7) is 3.46. The maximum absolute atomic E-state index is 6.43. The first-order valence-electron chi connectivity index (χ1n) is 7.36. The van der Waals surface area contributed by atoms with Crippen LogP contribution in [0.15, 0.2) is 24.4 Å². The van der Waals surface area contributed by atoms with E-state index in [1.54, 1.807) is 0 Å². The summed E-state index contributed by atoms with van der Waals surface area (Å²) in [6, 6.07) is 5.73. The first kappa shape index (κ1) is 13.9. The van der Waals surface area contributed by atoms with Crippen molar-refractivity contribution in [2.45, 2.75) is 25.8 Å². The SMILES string of the molecule is CCc1nn(C)cc1C(N)c1ccc2c(c1)OCCCO2. The number of nitrogens with two attached hydrogens (primary N) is 1. The summed E-state index contributed by atoms with van der Waals surface area (Å²) in [4.78, 5) is 0. The number of aryl methyl sites for hydroxylation is 2. The molecule has 0 saturated heterocycles. The Labute approximate surface area is 124 Å². The van der Waals surface area contributed by atoms with Gasteiger partial charge in [-0.25, -0.2) is 0 Å². The summed E-state index contributed by atoms with van der Waals surface area (Å²) in [6.07, 6.45) is 3.76. The molecule has 1 aromatic carbocycles. The number of ether oxygens (including phenoxy) is 2. The van der Waals surface area contributed by atoms with Gasteiger partial charge in [-0.15, -0.1) is 0 Å². The van der Waals surface area contributed by atoms with E-state index >= 15 is 0 Å². The van der Waals surface area contributed by atoms with Gasteiger partial charge in [0.25, 0.3) is 0 Å². The molecule has 21 heavy (non-hydrogen) atoms. The Kier molecular flexibility index (Phi) is 3.84. The molecule has 0 fully saturated rings. The Morgan fingerprint density at radius 3 is 2.81 bits per heavy atom. The van der Waals surface area contributed by atoms with Crippen molar-refractivity contribution >= 4 is 0 Å². The first-order valence-corrected chi connectivity index (χ1v) is 7.36. The van der Waals surface area contributed by atoms with E-state index in [-0.39, 0.29) is 6.04 Å². The average molecular weight is 287 g/mol. The molecule has 1 atom stereocenters. The summed E-state index contributed by atoms with van der Waals surface area (Å²) in [7, 11) is 1.92. The van der Waals surface area contributed by atoms with Crippen molar-refractivity contribution in [3.63, 3.8) is 0 Å². The highest BCUT2D eigenvalue weighted by Gasteiger charge is 2.18. The highest BCUT2D eigenvalue weighted by Crippen LogP contribution is 2.33. The Morgan fingerprint density at radius 2 is 2.05 bits per heavy atom. The highest BCUT2D eigenvalue weighted by molar-refractivity contribution is 5.46. The van der Waals surface area contributed by atoms with Crippen LogP contribution in [-0.2, 0) is 13.5 Å². The van der Waals surface area contributed by atoms with Gasteiger partial charge in [-0.3, -0.25) is 4.68 Å². The van der Waals surface area contributed by atoms with Crippen molar-refractivity contribution in [3.05, 3.63) is 41.2 Å². The summed E-state index contributed by atoms with van der Waals surface area (Å²) in [5.74, 6) is 1.58. The van der Waals surface area contributed by atoms with E-state index in [9.17, 15) is 0 Å². The molecule has 0 bridgehead atoms. The van der Waals surface area contributed by atoms with Crippen LogP contribution in [0.1, 0.15) is 36.2 Å². The minimum absolute atomic E-state index is 0.203. The lowest BCUT2D eigenvalue weighted by molar-refractivity contribution is 0.297. The third kappa shape index (κ3) is 2.74. The van der Waals surface area contributed by atoms with Gasteiger partial charge in [-0.2, -0.15) is 5.10 Å². The highest BCUT2D eigenvalue weighted by atomic mass is 16.5. The number of hydrogen-bond donors (Lipinski definition) is 1. The van der Waals surface area contributed by atoms with Gasteiger partial charge in [0, 0.05) is 25.2 Å². The van der Waals surface area contributed by atoms with Crippen molar-refractivity contribution in [1.82, 2.24) is 9.78 Å². The molecule has 5 nitrogen and oxygen atoms in total.